The summed E-state index contributed by atoms with van der Waals surface area (Å²) in [6.45, 7) is 2.05. The molecule has 3 aromatic rings. The van der Waals surface area contributed by atoms with E-state index in [1.807, 2.05) is 0 Å². The number of rotatable bonds is 6. The minimum atomic E-state index is -4.68. The summed E-state index contributed by atoms with van der Waals surface area (Å²) in [4.78, 5) is 26.6. The van der Waals surface area contributed by atoms with E-state index in [1.54, 1.807) is 37.3 Å². The highest BCUT2D eigenvalue weighted by Gasteiger charge is 2.40. The molecule has 35 heavy (non-hydrogen) atoms. The average molecular weight is 489 g/mol. The third kappa shape index (κ3) is 5.57. The molecule has 1 saturated heterocycles. The highest BCUT2D eigenvalue weighted by atomic mass is 19.4. The minimum absolute atomic E-state index is 0.0471. The first kappa shape index (κ1) is 24.1. The third-order valence-corrected chi connectivity index (χ3v) is 5.28. The summed E-state index contributed by atoms with van der Waals surface area (Å²) >= 11 is 0. The monoisotopic (exact) mass is 489 g/mol. The van der Waals surface area contributed by atoms with Crippen molar-refractivity contribution in [2.45, 2.75) is 18.7 Å². The van der Waals surface area contributed by atoms with Gasteiger partial charge < -0.3 is 29.8 Å². The third-order valence-electron chi connectivity index (χ3n) is 5.28. The van der Waals surface area contributed by atoms with Crippen LogP contribution in [0.5, 0.6) is 11.5 Å². The van der Waals surface area contributed by atoms with Gasteiger partial charge in [0.05, 0.1) is 25.9 Å². The maximum absolute atomic E-state index is 13.6. The van der Waals surface area contributed by atoms with Gasteiger partial charge in [-0.15, -0.1) is 0 Å². The number of anilines is 2. The van der Waals surface area contributed by atoms with Crippen LogP contribution in [0.25, 0.3) is 11.1 Å². The number of alkyl halides is 3. The second-order valence-electron chi connectivity index (χ2n) is 8.20. The number of aromatic amines is 1. The molecule has 3 N–H and O–H groups in total. The lowest BCUT2D eigenvalue weighted by Gasteiger charge is -2.38. The molecule has 0 saturated carbocycles. The van der Waals surface area contributed by atoms with Crippen molar-refractivity contribution in [3.8, 4) is 22.6 Å². The maximum Gasteiger partial charge on any atom is 0.420 e. The standard InChI is InChI=1S/C24H22F3N3O5/c1-23(12-34-13-23)35-19-8-7-17(10-18(19)24(25,26)27)30-22(32)29-16-5-3-14(4-6-16)15-9-20(33-2)21(31)28-11-15/h3-11H,12-13H2,1-2H3,(H,28,31)(H2,29,30,32). The number of pyridine rings is 1. The van der Waals surface area contributed by atoms with Crippen molar-refractivity contribution in [2.75, 3.05) is 31.0 Å². The zero-order chi connectivity index (χ0) is 25.2. The summed E-state index contributed by atoms with van der Waals surface area (Å²) in [6, 6.07) is 10.8. The Kier molecular flexibility index (Phi) is 6.44. The minimum Gasteiger partial charge on any atom is -0.491 e. The van der Waals surface area contributed by atoms with Crippen LogP contribution in [-0.4, -0.2) is 36.9 Å². The number of aromatic nitrogens is 1. The maximum atomic E-state index is 13.6. The molecule has 4 rings (SSSR count). The van der Waals surface area contributed by atoms with E-state index in [0.717, 1.165) is 11.6 Å². The van der Waals surface area contributed by atoms with Crippen LogP contribution in [0.1, 0.15) is 12.5 Å². The molecule has 1 fully saturated rings. The van der Waals surface area contributed by atoms with Gasteiger partial charge in [0.1, 0.15) is 5.75 Å². The number of carbonyl (C=O) groups is 1. The van der Waals surface area contributed by atoms with E-state index in [1.165, 1.54) is 25.4 Å². The van der Waals surface area contributed by atoms with Crippen molar-refractivity contribution in [2.24, 2.45) is 0 Å². The number of carbonyl (C=O) groups excluding carboxylic acids is 1. The molecule has 0 atom stereocenters. The summed E-state index contributed by atoms with van der Waals surface area (Å²) in [6.07, 6.45) is -3.14. The molecule has 2 amide bonds. The van der Waals surface area contributed by atoms with Gasteiger partial charge in [0.15, 0.2) is 11.4 Å². The highest BCUT2D eigenvalue weighted by molar-refractivity contribution is 6.00. The number of nitrogens with one attached hydrogen (secondary N) is 3. The van der Waals surface area contributed by atoms with Gasteiger partial charge >= 0.3 is 12.2 Å². The van der Waals surface area contributed by atoms with E-state index in [9.17, 15) is 22.8 Å². The van der Waals surface area contributed by atoms with Crippen LogP contribution in [0.3, 0.4) is 0 Å². The van der Waals surface area contributed by atoms with Gasteiger partial charge in [0.25, 0.3) is 5.56 Å². The first-order valence-corrected chi connectivity index (χ1v) is 10.5. The molecule has 0 radical (unpaired) electrons. The molecular weight excluding hydrogens is 467 g/mol. The summed E-state index contributed by atoms with van der Waals surface area (Å²) in [7, 11) is 1.39. The number of H-pyrrole nitrogens is 1. The van der Waals surface area contributed by atoms with E-state index in [2.05, 4.69) is 15.6 Å². The summed E-state index contributed by atoms with van der Waals surface area (Å²) in [5, 5.41) is 4.97. The molecule has 0 bridgehead atoms. The van der Waals surface area contributed by atoms with Crippen LogP contribution in [0, 0.1) is 0 Å². The molecule has 8 nitrogen and oxygen atoms in total. The quantitative estimate of drug-likeness (QED) is 0.458. The fraction of sp³-hybridized carbons (Fsp3) is 0.250. The van der Waals surface area contributed by atoms with E-state index in [4.69, 9.17) is 14.2 Å². The van der Waals surface area contributed by atoms with Gasteiger partial charge in [0.2, 0.25) is 0 Å². The first-order chi connectivity index (χ1) is 16.6. The molecule has 0 unspecified atom stereocenters. The van der Waals surface area contributed by atoms with Gasteiger partial charge in [-0.05, 0) is 48.9 Å². The molecular formula is C24H22F3N3O5. The zero-order valence-corrected chi connectivity index (χ0v) is 18.8. The predicted octanol–water partition coefficient (Wildman–Crippen LogP) is 4.88. The Morgan fingerprint density at radius 1 is 1.00 bits per heavy atom. The first-order valence-electron chi connectivity index (χ1n) is 10.5. The molecule has 184 valence electrons. The molecule has 2 aromatic carbocycles. The fourth-order valence-corrected chi connectivity index (χ4v) is 3.45. The van der Waals surface area contributed by atoms with Crippen LogP contribution >= 0.6 is 0 Å². The Morgan fingerprint density at radius 2 is 1.66 bits per heavy atom. The second-order valence-corrected chi connectivity index (χ2v) is 8.20. The summed E-state index contributed by atoms with van der Waals surface area (Å²) < 4.78 is 56.3. The van der Waals surface area contributed by atoms with E-state index in [0.29, 0.717) is 11.3 Å². The molecule has 0 aliphatic carbocycles. The van der Waals surface area contributed by atoms with Gasteiger partial charge in [0, 0.05) is 23.1 Å². The number of halogens is 3. The molecule has 1 aliphatic rings. The van der Waals surface area contributed by atoms with Crippen molar-refractivity contribution >= 4 is 17.4 Å². The topological polar surface area (TPSA) is 102 Å². The Morgan fingerprint density at radius 3 is 2.26 bits per heavy atom. The van der Waals surface area contributed by atoms with Crippen LogP contribution in [0.4, 0.5) is 29.3 Å². The van der Waals surface area contributed by atoms with Crippen molar-refractivity contribution in [3.63, 3.8) is 0 Å². The molecule has 0 spiro atoms. The van der Waals surface area contributed by atoms with Gasteiger partial charge in [-0.25, -0.2) is 4.79 Å². The number of hydrogen-bond donors (Lipinski definition) is 3. The number of amides is 2. The second kappa shape index (κ2) is 9.34. The SMILES string of the molecule is COc1cc(-c2ccc(NC(=O)Nc3ccc(OC4(C)COC4)c(C(F)(F)F)c3)cc2)c[nH]c1=O. The predicted molar refractivity (Wildman–Crippen MR) is 123 cm³/mol. The van der Waals surface area contributed by atoms with Gasteiger partial charge in [-0.1, -0.05) is 12.1 Å². The van der Waals surface area contributed by atoms with Crippen LogP contribution < -0.4 is 25.7 Å². The molecule has 11 heteroatoms. The Labute approximate surface area is 198 Å². The largest absolute Gasteiger partial charge is 0.491 e. The number of hydrogen-bond acceptors (Lipinski definition) is 5. The Balaban J connectivity index is 1.45. The molecule has 2 heterocycles. The van der Waals surface area contributed by atoms with Crippen molar-refractivity contribution < 1.29 is 32.2 Å². The fourth-order valence-electron chi connectivity index (χ4n) is 3.45. The normalized spacial score (nSPS) is 14.5. The summed E-state index contributed by atoms with van der Waals surface area (Å²) in [5.41, 5.74) is -0.359. The van der Waals surface area contributed by atoms with E-state index >= 15 is 0 Å². The van der Waals surface area contributed by atoms with E-state index < -0.39 is 23.4 Å². The lowest BCUT2D eigenvalue weighted by Crippen LogP contribution is -2.51. The lowest BCUT2D eigenvalue weighted by molar-refractivity contribution is -0.160. The number of urea groups is 1. The molecule has 1 aliphatic heterocycles. The lowest BCUT2D eigenvalue weighted by atomic mass is 10.0. The van der Waals surface area contributed by atoms with Crippen molar-refractivity contribution in [1.82, 2.24) is 4.98 Å². The van der Waals surface area contributed by atoms with E-state index in [-0.39, 0.29) is 36.0 Å². The van der Waals surface area contributed by atoms with Crippen LogP contribution in [0.2, 0.25) is 0 Å². The smallest absolute Gasteiger partial charge is 0.420 e. The van der Waals surface area contributed by atoms with Crippen molar-refractivity contribution in [3.05, 3.63) is 70.6 Å². The highest BCUT2D eigenvalue weighted by Crippen LogP contribution is 2.40. The average Bonchev–Trinajstić information content (AvgIpc) is 2.79. The van der Waals surface area contributed by atoms with Crippen LogP contribution in [-0.2, 0) is 10.9 Å². The van der Waals surface area contributed by atoms with Crippen LogP contribution in [0.15, 0.2) is 59.5 Å². The molecule has 1 aromatic heterocycles. The number of ether oxygens (including phenoxy) is 3. The summed E-state index contributed by atoms with van der Waals surface area (Å²) in [5.74, 6) is -0.169. The van der Waals surface area contributed by atoms with Gasteiger partial charge in [-0.2, -0.15) is 13.2 Å². The Bertz CT molecular complexity index is 1280. The van der Waals surface area contributed by atoms with Gasteiger partial charge in [-0.3, -0.25) is 4.79 Å². The van der Waals surface area contributed by atoms with Crippen molar-refractivity contribution in [1.29, 1.82) is 0 Å². The zero-order valence-electron chi connectivity index (χ0n) is 18.8. The number of methoxy groups -OCH3 is 1. The number of benzene rings is 2. The Hall–Kier alpha value is -3.99.